The minimum absolute atomic E-state index is 0.221. The standard InChI is InChI=1S/C17H18ClN3O2/c1-2-23-16(22)17(7-4-8-17)15-19-10-14(11-20-15)21-13-6-3-5-12(18)9-13/h3,5-6,9-11,21H,2,4,7-8H2,1H3. The summed E-state index contributed by atoms with van der Waals surface area (Å²) in [7, 11) is 0. The van der Waals surface area contributed by atoms with Crippen molar-refractivity contribution >= 4 is 28.9 Å². The molecule has 1 fully saturated rings. The molecule has 0 radical (unpaired) electrons. The molecule has 0 aliphatic heterocycles. The highest BCUT2D eigenvalue weighted by Crippen LogP contribution is 2.43. The molecule has 6 heteroatoms. The SMILES string of the molecule is CCOC(=O)C1(c2ncc(Nc3cccc(Cl)c3)cn2)CCC1. The second-order valence-electron chi connectivity index (χ2n) is 5.59. The van der Waals surface area contributed by atoms with Crippen LogP contribution in [0.4, 0.5) is 11.4 Å². The number of carbonyl (C=O) groups is 1. The number of nitrogens with zero attached hydrogens (tertiary/aromatic N) is 2. The lowest BCUT2D eigenvalue weighted by atomic mass is 9.68. The fraction of sp³-hybridized carbons (Fsp3) is 0.353. The van der Waals surface area contributed by atoms with Crippen LogP contribution in [0.2, 0.25) is 5.02 Å². The van der Waals surface area contributed by atoms with Gasteiger partial charge in [-0.1, -0.05) is 24.1 Å². The number of esters is 1. The summed E-state index contributed by atoms with van der Waals surface area (Å²) in [5, 5.41) is 3.84. The summed E-state index contributed by atoms with van der Waals surface area (Å²) in [4.78, 5) is 21.0. The topological polar surface area (TPSA) is 64.1 Å². The highest BCUT2D eigenvalue weighted by atomic mass is 35.5. The van der Waals surface area contributed by atoms with Crippen LogP contribution in [-0.2, 0) is 14.9 Å². The van der Waals surface area contributed by atoms with Crippen LogP contribution in [0.1, 0.15) is 32.0 Å². The summed E-state index contributed by atoms with van der Waals surface area (Å²) in [6.45, 7) is 2.18. The molecule has 0 amide bonds. The normalized spacial score (nSPS) is 15.6. The highest BCUT2D eigenvalue weighted by molar-refractivity contribution is 6.30. The average molecular weight is 332 g/mol. The second-order valence-corrected chi connectivity index (χ2v) is 6.02. The monoisotopic (exact) mass is 331 g/mol. The molecule has 1 aromatic heterocycles. The summed E-state index contributed by atoms with van der Waals surface area (Å²) < 4.78 is 5.19. The van der Waals surface area contributed by atoms with Crippen LogP contribution in [0.5, 0.6) is 0 Å². The van der Waals surface area contributed by atoms with E-state index < -0.39 is 5.41 Å². The van der Waals surface area contributed by atoms with Crippen molar-refractivity contribution < 1.29 is 9.53 Å². The number of ether oxygens (including phenoxy) is 1. The van der Waals surface area contributed by atoms with E-state index in [1.165, 1.54) is 0 Å². The van der Waals surface area contributed by atoms with E-state index in [1.807, 2.05) is 31.2 Å². The molecule has 1 aliphatic carbocycles. The van der Waals surface area contributed by atoms with Crippen molar-refractivity contribution in [3.63, 3.8) is 0 Å². The van der Waals surface area contributed by atoms with Gasteiger partial charge in [0, 0.05) is 10.7 Å². The number of rotatable bonds is 5. The van der Waals surface area contributed by atoms with Crippen LogP contribution in [0.25, 0.3) is 0 Å². The molecule has 0 saturated heterocycles. The highest BCUT2D eigenvalue weighted by Gasteiger charge is 2.49. The Labute approximate surface area is 140 Å². The lowest BCUT2D eigenvalue weighted by Gasteiger charge is -2.37. The van der Waals surface area contributed by atoms with Gasteiger partial charge in [0.2, 0.25) is 0 Å². The van der Waals surface area contributed by atoms with Gasteiger partial charge in [-0.3, -0.25) is 4.79 Å². The number of benzene rings is 1. The van der Waals surface area contributed by atoms with Crippen molar-refractivity contribution in [2.75, 3.05) is 11.9 Å². The summed E-state index contributed by atoms with van der Waals surface area (Å²) in [6, 6.07) is 7.41. The minimum atomic E-state index is -0.662. The van der Waals surface area contributed by atoms with Gasteiger partial charge < -0.3 is 10.1 Å². The predicted octanol–water partition coefficient (Wildman–Crippen LogP) is 3.86. The van der Waals surface area contributed by atoms with Gasteiger partial charge in [0.1, 0.15) is 11.2 Å². The second kappa shape index (κ2) is 6.54. The first kappa shape index (κ1) is 15.7. The number of carbonyl (C=O) groups excluding carboxylic acids is 1. The quantitative estimate of drug-likeness (QED) is 0.843. The molecule has 1 aliphatic rings. The van der Waals surface area contributed by atoms with Crippen LogP contribution in [0.15, 0.2) is 36.7 Å². The Hall–Kier alpha value is -2.14. The Balaban J connectivity index is 1.77. The minimum Gasteiger partial charge on any atom is -0.465 e. The van der Waals surface area contributed by atoms with Gasteiger partial charge in [-0.2, -0.15) is 0 Å². The number of hydrogen-bond donors (Lipinski definition) is 1. The maximum atomic E-state index is 12.2. The van der Waals surface area contributed by atoms with E-state index in [-0.39, 0.29) is 5.97 Å². The molecule has 0 atom stereocenters. The molecular weight excluding hydrogens is 314 g/mol. The third-order valence-electron chi connectivity index (χ3n) is 4.07. The smallest absolute Gasteiger partial charge is 0.319 e. The molecule has 120 valence electrons. The third-order valence-corrected chi connectivity index (χ3v) is 4.30. The van der Waals surface area contributed by atoms with Crippen molar-refractivity contribution in [2.24, 2.45) is 0 Å². The van der Waals surface area contributed by atoms with E-state index in [0.29, 0.717) is 17.5 Å². The van der Waals surface area contributed by atoms with E-state index in [2.05, 4.69) is 15.3 Å². The number of nitrogens with one attached hydrogen (secondary N) is 1. The molecule has 2 aromatic rings. The summed E-state index contributed by atoms with van der Waals surface area (Å²) in [5.41, 5.74) is 0.942. The number of anilines is 2. The van der Waals surface area contributed by atoms with Crippen LogP contribution in [-0.4, -0.2) is 22.5 Å². The largest absolute Gasteiger partial charge is 0.465 e. The van der Waals surface area contributed by atoms with Crippen LogP contribution >= 0.6 is 11.6 Å². The first-order valence-corrected chi connectivity index (χ1v) is 8.04. The zero-order valence-corrected chi connectivity index (χ0v) is 13.6. The molecule has 1 aromatic carbocycles. The van der Waals surface area contributed by atoms with E-state index >= 15 is 0 Å². The van der Waals surface area contributed by atoms with Gasteiger partial charge in [0.15, 0.2) is 0 Å². The van der Waals surface area contributed by atoms with Crippen molar-refractivity contribution in [2.45, 2.75) is 31.6 Å². The maximum absolute atomic E-state index is 12.2. The predicted molar refractivity (Wildman–Crippen MR) is 88.9 cm³/mol. The first-order valence-electron chi connectivity index (χ1n) is 7.66. The van der Waals surface area contributed by atoms with E-state index in [9.17, 15) is 4.79 Å². The lowest BCUT2D eigenvalue weighted by Crippen LogP contribution is -2.45. The summed E-state index contributed by atoms with van der Waals surface area (Å²) in [5.74, 6) is 0.320. The van der Waals surface area contributed by atoms with Crippen LogP contribution < -0.4 is 5.32 Å². The maximum Gasteiger partial charge on any atom is 0.319 e. The van der Waals surface area contributed by atoms with Gasteiger partial charge in [-0.15, -0.1) is 0 Å². The molecule has 1 saturated carbocycles. The van der Waals surface area contributed by atoms with Crippen LogP contribution in [0.3, 0.4) is 0 Å². The van der Waals surface area contributed by atoms with E-state index in [1.54, 1.807) is 12.4 Å². The molecule has 1 N–H and O–H groups in total. The van der Waals surface area contributed by atoms with E-state index in [4.69, 9.17) is 16.3 Å². The van der Waals surface area contributed by atoms with Crippen molar-refractivity contribution in [3.8, 4) is 0 Å². The molecule has 0 bridgehead atoms. The summed E-state index contributed by atoms with van der Waals surface area (Å²) >= 11 is 5.96. The Bertz CT molecular complexity index is 699. The fourth-order valence-corrected chi connectivity index (χ4v) is 2.88. The van der Waals surface area contributed by atoms with Crippen molar-refractivity contribution in [3.05, 3.63) is 47.5 Å². The molecule has 5 nitrogen and oxygen atoms in total. The van der Waals surface area contributed by atoms with Crippen molar-refractivity contribution in [1.29, 1.82) is 0 Å². The molecule has 23 heavy (non-hydrogen) atoms. The molecule has 3 rings (SSSR count). The Morgan fingerprint density at radius 3 is 2.61 bits per heavy atom. The molecule has 1 heterocycles. The van der Waals surface area contributed by atoms with Gasteiger partial charge in [0.05, 0.1) is 24.7 Å². The van der Waals surface area contributed by atoms with Crippen molar-refractivity contribution in [1.82, 2.24) is 9.97 Å². The Morgan fingerprint density at radius 2 is 2.04 bits per heavy atom. The Kier molecular flexibility index (Phi) is 4.48. The Morgan fingerprint density at radius 1 is 1.30 bits per heavy atom. The van der Waals surface area contributed by atoms with Gasteiger partial charge in [-0.05, 0) is 38.0 Å². The number of hydrogen-bond acceptors (Lipinski definition) is 5. The zero-order chi connectivity index (χ0) is 16.3. The zero-order valence-electron chi connectivity index (χ0n) is 12.9. The lowest BCUT2D eigenvalue weighted by molar-refractivity contribution is -0.154. The number of halogens is 1. The van der Waals surface area contributed by atoms with Crippen LogP contribution in [0, 0.1) is 0 Å². The van der Waals surface area contributed by atoms with Gasteiger partial charge >= 0.3 is 5.97 Å². The number of aromatic nitrogens is 2. The molecular formula is C17H18ClN3O2. The fourth-order valence-electron chi connectivity index (χ4n) is 2.69. The third kappa shape index (κ3) is 3.15. The van der Waals surface area contributed by atoms with E-state index in [0.717, 1.165) is 30.6 Å². The summed E-state index contributed by atoms with van der Waals surface area (Å²) in [6.07, 6.45) is 5.84. The molecule has 0 unspecified atom stereocenters. The first-order chi connectivity index (χ1) is 11.1. The average Bonchev–Trinajstić information content (AvgIpc) is 2.48. The van der Waals surface area contributed by atoms with Gasteiger partial charge in [0.25, 0.3) is 0 Å². The van der Waals surface area contributed by atoms with Gasteiger partial charge in [-0.25, -0.2) is 9.97 Å². The molecule has 0 spiro atoms.